The summed E-state index contributed by atoms with van der Waals surface area (Å²) in [6, 6.07) is 17.7. The van der Waals surface area contributed by atoms with Gasteiger partial charge in [-0.15, -0.1) is 21.5 Å². The zero-order valence-corrected chi connectivity index (χ0v) is 16.5. The maximum atomic E-state index is 12.2. The van der Waals surface area contributed by atoms with Gasteiger partial charge in [-0.25, -0.2) is 0 Å². The zero-order chi connectivity index (χ0) is 19.2. The van der Waals surface area contributed by atoms with Crippen LogP contribution in [0.25, 0.3) is 17.1 Å². The van der Waals surface area contributed by atoms with Gasteiger partial charge in [0.25, 0.3) is 0 Å². The largest absolute Gasteiger partial charge is 0.350 e. The molecule has 28 heavy (non-hydrogen) atoms. The van der Waals surface area contributed by atoms with Crippen molar-refractivity contribution >= 4 is 29.0 Å². The number of carbonyl (C=O) groups excluding carboxylic acids is 1. The number of hydrogen-bond donors (Lipinski definition) is 1. The van der Waals surface area contributed by atoms with Crippen molar-refractivity contribution in [2.45, 2.75) is 11.7 Å². The van der Waals surface area contributed by atoms with E-state index in [0.29, 0.717) is 11.7 Å². The molecule has 0 bridgehead atoms. The molecular weight excluding hydrogens is 390 g/mol. The van der Waals surface area contributed by atoms with E-state index in [1.165, 1.54) is 11.8 Å². The molecule has 1 N–H and O–H groups in total. The number of thioether (sulfide) groups is 1. The third-order valence-electron chi connectivity index (χ3n) is 3.96. The van der Waals surface area contributed by atoms with Gasteiger partial charge in [0.1, 0.15) is 0 Å². The molecule has 0 fully saturated rings. The second-order valence-corrected chi connectivity index (χ2v) is 7.83. The molecule has 0 spiro atoms. The first-order chi connectivity index (χ1) is 13.8. The number of thiophene rings is 1. The van der Waals surface area contributed by atoms with Gasteiger partial charge in [-0.2, -0.15) is 0 Å². The molecule has 4 rings (SSSR count). The molecule has 3 aromatic heterocycles. The Bertz CT molecular complexity index is 1030. The van der Waals surface area contributed by atoms with E-state index in [-0.39, 0.29) is 11.7 Å². The monoisotopic (exact) mass is 407 g/mol. The third kappa shape index (κ3) is 4.29. The van der Waals surface area contributed by atoms with Crippen LogP contribution in [0.5, 0.6) is 0 Å². The molecule has 0 aliphatic rings. The summed E-state index contributed by atoms with van der Waals surface area (Å²) in [7, 11) is 0. The predicted molar refractivity (Wildman–Crippen MR) is 111 cm³/mol. The SMILES string of the molecule is O=C(CSc1nnc(-c2ccncc2)n1-c1ccccc1)NCc1cccs1. The van der Waals surface area contributed by atoms with E-state index in [0.717, 1.165) is 22.0 Å². The minimum Gasteiger partial charge on any atom is -0.350 e. The van der Waals surface area contributed by atoms with Gasteiger partial charge in [-0.05, 0) is 35.7 Å². The number of hydrogen-bond acceptors (Lipinski definition) is 6. The minimum atomic E-state index is -0.0357. The molecule has 1 amide bonds. The average molecular weight is 408 g/mol. The van der Waals surface area contributed by atoms with Crippen LogP contribution in [0.1, 0.15) is 4.88 Å². The lowest BCUT2D eigenvalue weighted by Gasteiger charge is -2.10. The van der Waals surface area contributed by atoms with Gasteiger partial charge in [0.2, 0.25) is 5.91 Å². The van der Waals surface area contributed by atoms with Crippen molar-refractivity contribution in [2.24, 2.45) is 0 Å². The van der Waals surface area contributed by atoms with Gasteiger partial charge in [-0.1, -0.05) is 36.0 Å². The van der Waals surface area contributed by atoms with E-state index < -0.39 is 0 Å². The molecule has 4 aromatic rings. The average Bonchev–Trinajstić information content (AvgIpc) is 3.42. The Morgan fingerprint density at radius 3 is 2.61 bits per heavy atom. The molecule has 0 saturated carbocycles. The Morgan fingerprint density at radius 1 is 1.04 bits per heavy atom. The van der Waals surface area contributed by atoms with Crippen LogP contribution in [-0.2, 0) is 11.3 Å². The number of pyridine rings is 1. The summed E-state index contributed by atoms with van der Waals surface area (Å²) in [5, 5.41) is 14.3. The van der Waals surface area contributed by atoms with Gasteiger partial charge in [-0.3, -0.25) is 14.3 Å². The van der Waals surface area contributed by atoms with Crippen molar-refractivity contribution in [2.75, 3.05) is 5.75 Å². The molecule has 0 atom stereocenters. The van der Waals surface area contributed by atoms with Crippen molar-refractivity contribution in [1.29, 1.82) is 0 Å². The number of para-hydroxylation sites is 1. The predicted octanol–water partition coefficient (Wildman–Crippen LogP) is 3.80. The number of rotatable bonds is 7. The van der Waals surface area contributed by atoms with Crippen LogP contribution in [0.4, 0.5) is 0 Å². The summed E-state index contributed by atoms with van der Waals surface area (Å²) in [6.07, 6.45) is 3.45. The van der Waals surface area contributed by atoms with E-state index in [2.05, 4.69) is 20.5 Å². The topological polar surface area (TPSA) is 72.7 Å². The van der Waals surface area contributed by atoms with Crippen LogP contribution in [0, 0.1) is 0 Å². The quantitative estimate of drug-likeness (QED) is 0.472. The standard InChI is InChI=1S/C20H17N5OS2/c26-18(22-13-17-7-4-12-27-17)14-28-20-24-23-19(15-8-10-21-11-9-15)25(20)16-5-2-1-3-6-16/h1-12H,13-14H2,(H,22,26). The molecule has 0 radical (unpaired) electrons. The van der Waals surface area contributed by atoms with Gasteiger partial charge in [0.15, 0.2) is 11.0 Å². The molecule has 0 unspecified atom stereocenters. The summed E-state index contributed by atoms with van der Waals surface area (Å²) in [5.41, 5.74) is 1.86. The highest BCUT2D eigenvalue weighted by atomic mass is 32.2. The molecule has 3 heterocycles. The maximum absolute atomic E-state index is 12.2. The van der Waals surface area contributed by atoms with E-state index in [1.54, 1.807) is 23.7 Å². The van der Waals surface area contributed by atoms with E-state index >= 15 is 0 Å². The molecule has 0 aliphatic heterocycles. The first kappa shape index (κ1) is 18.4. The lowest BCUT2D eigenvalue weighted by atomic mass is 10.2. The van der Waals surface area contributed by atoms with Crippen molar-refractivity contribution in [3.05, 3.63) is 77.2 Å². The summed E-state index contributed by atoms with van der Waals surface area (Å²) in [5.74, 6) is 0.953. The second-order valence-electron chi connectivity index (χ2n) is 5.86. The van der Waals surface area contributed by atoms with Crippen molar-refractivity contribution in [3.63, 3.8) is 0 Å². The highest BCUT2D eigenvalue weighted by Crippen LogP contribution is 2.27. The minimum absolute atomic E-state index is 0.0357. The van der Waals surface area contributed by atoms with Crippen molar-refractivity contribution < 1.29 is 4.79 Å². The maximum Gasteiger partial charge on any atom is 0.230 e. The van der Waals surface area contributed by atoms with E-state index in [4.69, 9.17) is 0 Å². The first-order valence-corrected chi connectivity index (χ1v) is 10.5. The van der Waals surface area contributed by atoms with Crippen LogP contribution in [0.3, 0.4) is 0 Å². The Balaban J connectivity index is 1.53. The molecule has 8 heteroatoms. The van der Waals surface area contributed by atoms with Crippen molar-refractivity contribution in [1.82, 2.24) is 25.1 Å². The zero-order valence-electron chi connectivity index (χ0n) is 14.9. The Labute approximate surface area is 170 Å². The third-order valence-corrected chi connectivity index (χ3v) is 5.76. The Kier molecular flexibility index (Phi) is 5.79. The molecular formula is C20H17N5OS2. The highest BCUT2D eigenvalue weighted by molar-refractivity contribution is 7.99. The van der Waals surface area contributed by atoms with Crippen LogP contribution in [-0.4, -0.2) is 31.4 Å². The lowest BCUT2D eigenvalue weighted by Crippen LogP contribution is -2.24. The van der Waals surface area contributed by atoms with Gasteiger partial charge < -0.3 is 5.32 Å². The van der Waals surface area contributed by atoms with Crippen molar-refractivity contribution in [3.8, 4) is 17.1 Å². The normalized spacial score (nSPS) is 10.7. The van der Waals surface area contributed by atoms with Gasteiger partial charge in [0, 0.05) is 28.5 Å². The highest BCUT2D eigenvalue weighted by Gasteiger charge is 2.17. The van der Waals surface area contributed by atoms with E-state index in [9.17, 15) is 4.79 Å². The van der Waals surface area contributed by atoms with Crippen LogP contribution in [0.2, 0.25) is 0 Å². The number of aromatic nitrogens is 4. The number of benzene rings is 1. The summed E-state index contributed by atoms with van der Waals surface area (Å²) in [4.78, 5) is 17.4. The van der Waals surface area contributed by atoms with Gasteiger partial charge >= 0.3 is 0 Å². The first-order valence-electron chi connectivity index (χ1n) is 8.64. The summed E-state index contributed by atoms with van der Waals surface area (Å²) in [6.45, 7) is 0.546. The molecule has 6 nitrogen and oxygen atoms in total. The van der Waals surface area contributed by atoms with Crippen LogP contribution >= 0.6 is 23.1 Å². The molecule has 0 aliphatic carbocycles. The number of nitrogens with zero attached hydrogens (tertiary/aromatic N) is 4. The fraction of sp³-hybridized carbons (Fsp3) is 0.100. The smallest absolute Gasteiger partial charge is 0.230 e. The second kappa shape index (κ2) is 8.81. The lowest BCUT2D eigenvalue weighted by molar-refractivity contribution is -0.118. The number of nitrogens with one attached hydrogen (secondary N) is 1. The van der Waals surface area contributed by atoms with Gasteiger partial charge in [0.05, 0.1) is 12.3 Å². The fourth-order valence-electron chi connectivity index (χ4n) is 2.64. The Morgan fingerprint density at radius 2 is 1.86 bits per heavy atom. The fourth-order valence-corrected chi connectivity index (χ4v) is 4.07. The van der Waals surface area contributed by atoms with E-state index in [1.807, 2.05) is 64.5 Å². The Hall–Kier alpha value is -2.97. The summed E-state index contributed by atoms with van der Waals surface area (Å²) < 4.78 is 1.96. The van der Waals surface area contributed by atoms with Crippen LogP contribution < -0.4 is 5.32 Å². The molecule has 0 saturated heterocycles. The number of carbonyl (C=O) groups is 1. The molecule has 1 aromatic carbocycles. The number of amides is 1. The molecule has 140 valence electrons. The van der Waals surface area contributed by atoms with Crippen LogP contribution in [0.15, 0.2) is 77.5 Å². The summed E-state index contributed by atoms with van der Waals surface area (Å²) >= 11 is 2.99.